The van der Waals surface area contributed by atoms with Crippen LogP contribution in [0.2, 0.25) is 0 Å². The van der Waals surface area contributed by atoms with Gasteiger partial charge in [0.1, 0.15) is 11.6 Å². The summed E-state index contributed by atoms with van der Waals surface area (Å²) in [5, 5.41) is 0. The highest BCUT2D eigenvalue weighted by Gasteiger charge is 2.39. The molecule has 2 aliphatic carbocycles. The normalized spacial score (nSPS) is 22.9. The lowest BCUT2D eigenvalue weighted by molar-refractivity contribution is -0.131. The topological polar surface area (TPSA) is 34.1 Å². The molecule has 0 heterocycles. The van der Waals surface area contributed by atoms with Crippen molar-refractivity contribution < 1.29 is 9.59 Å². The molecule has 0 aromatic heterocycles. The van der Waals surface area contributed by atoms with E-state index in [-0.39, 0.29) is 10.8 Å². The second kappa shape index (κ2) is 6.67. The molecule has 19 heavy (non-hydrogen) atoms. The van der Waals surface area contributed by atoms with Crippen LogP contribution >= 0.6 is 0 Å². The average Bonchev–Trinajstić information content (AvgIpc) is 2.78. The van der Waals surface area contributed by atoms with Gasteiger partial charge in [-0.3, -0.25) is 9.59 Å². The molecule has 2 nitrogen and oxygen atoms in total. The number of carbonyl (C=O) groups is 2. The number of Topliss-reactive ketones (excluding diaryl/α,β-unsaturated/α-hetero) is 2. The van der Waals surface area contributed by atoms with Gasteiger partial charge in [-0.2, -0.15) is 0 Å². The van der Waals surface area contributed by atoms with Gasteiger partial charge in [0.2, 0.25) is 0 Å². The Morgan fingerprint density at radius 2 is 1.05 bits per heavy atom. The quantitative estimate of drug-likeness (QED) is 0.739. The van der Waals surface area contributed by atoms with Crippen molar-refractivity contribution >= 4 is 11.6 Å². The van der Waals surface area contributed by atoms with E-state index >= 15 is 0 Å². The molecule has 2 saturated carbocycles. The summed E-state index contributed by atoms with van der Waals surface area (Å²) in [6, 6.07) is 0. The number of carbonyl (C=O) groups excluding carboxylic acids is 2. The first-order valence-electron chi connectivity index (χ1n) is 7.94. The van der Waals surface area contributed by atoms with Crippen molar-refractivity contribution in [3.8, 4) is 0 Å². The minimum absolute atomic E-state index is 0.0972. The van der Waals surface area contributed by atoms with Crippen LogP contribution in [0.1, 0.15) is 85.5 Å². The zero-order valence-electron chi connectivity index (χ0n) is 13.2. The van der Waals surface area contributed by atoms with Gasteiger partial charge in [0.05, 0.1) is 0 Å². The summed E-state index contributed by atoms with van der Waals surface area (Å²) in [7, 11) is 0. The minimum atomic E-state index is 0.0972. The van der Waals surface area contributed by atoms with E-state index in [1.165, 1.54) is 19.3 Å². The van der Waals surface area contributed by atoms with E-state index in [2.05, 4.69) is 13.8 Å². The Balaban J connectivity index is 0.000000191. The summed E-state index contributed by atoms with van der Waals surface area (Å²) in [6.45, 7) is 7.71. The Labute approximate surface area is 118 Å². The van der Waals surface area contributed by atoms with Crippen LogP contribution < -0.4 is 0 Å². The van der Waals surface area contributed by atoms with Crippen LogP contribution in [-0.2, 0) is 9.59 Å². The van der Waals surface area contributed by atoms with Gasteiger partial charge in [0.25, 0.3) is 0 Å². The number of hydrogen-bond acceptors (Lipinski definition) is 2. The number of rotatable bonds is 4. The van der Waals surface area contributed by atoms with Crippen LogP contribution in [0.15, 0.2) is 0 Å². The summed E-state index contributed by atoms with van der Waals surface area (Å²) in [4.78, 5) is 22.2. The fraction of sp³-hybridized carbons (Fsp3) is 0.882. The molecule has 0 amide bonds. The van der Waals surface area contributed by atoms with Crippen molar-refractivity contribution in [3.63, 3.8) is 0 Å². The second-order valence-electron chi connectivity index (χ2n) is 6.44. The lowest BCUT2D eigenvalue weighted by atomic mass is 9.65. The van der Waals surface area contributed by atoms with Crippen molar-refractivity contribution in [1.82, 2.24) is 0 Å². The maximum atomic E-state index is 11.2. The largest absolute Gasteiger partial charge is 0.299 e. The van der Waals surface area contributed by atoms with E-state index in [1.807, 2.05) is 0 Å². The van der Waals surface area contributed by atoms with E-state index in [4.69, 9.17) is 0 Å². The molecule has 0 aromatic rings. The van der Waals surface area contributed by atoms with Crippen molar-refractivity contribution in [3.05, 3.63) is 0 Å². The van der Waals surface area contributed by atoms with Crippen LogP contribution in [0.3, 0.4) is 0 Å². The predicted octanol–water partition coefficient (Wildman–Crippen LogP) is 4.70. The fourth-order valence-electron chi connectivity index (χ4n) is 3.56. The molecule has 0 unspecified atom stereocenters. The van der Waals surface area contributed by atoms with E-state index in [0.717, 1.165) is 38.5 Å². The second-order valence-corrected chi connectivity index (χ2v) is 6.44. The van der Waals surface area contributed by atoms with Gasteiger partial charge in [-0.05, 0) is 52.4 Å². The zero-order chi connectivity index (χ0) is 14.5. The van der Waals surface area contributed by atoms with Crippen molar-refractivity contribution in [2.45, 2.75) is 85.5 Å². The molecule has 0 saturated heterocycles. The Morgan fingerprint density at radius 1 is 0.737 bits per heavy atom. The molecule has 0 bridgehead atoms. The zero-order valence-corrected chi connectivity index (χ0v) is 13.2. The molecule has 2 fully saturated rings. The summed E-state index contributed by atoms with van der Waals surface area (Å²) in [5.41, 5.74) is 0.222. The SMILES string of the molecule is CCC1(C(C)=O)CCC1.CCC1(C(C)=O)CCCC1. The lowest BCUT2D eigenvalue weighted by Gasteiger charge is -2.38. The highest BCUT2D eigenvalue weighted by atomic mass is 16.1. The van der Waals surface area contributed by atoms with Gasteiger partial charge in [-0.1, -0.05) is 33.1 Å². The first-order valence-corrected chi connectivity index (χ1v) is 7.94. The Kier molecular flexibility index (Phi) is 5.76. The summed E-state index contributed by atoms with van der Waals surface area (Å²) < 4.78 is 0. The molecular formula is C17H30O2. The molecule has 2 heteroatoms. The van der Waals surface area contributed by atoms with Gasteiger partial charge in [-0.25, -0.2) is 0 Å². The van der Waals surface area contributed by atoms with Crippen LogP contribution in [0.25, 0.3) is 0 Å². The molecule has 2 rings (SSSR count). The molecule has 0 N–H and O–H groups in total. The lowest BCUT2D eigenvalue weighted by Crippen LogP contribution is -2.35. The minimum Gasteiger partial charge on any atom is -0.299 e. The Morgan fingerprint density at radius 3 is 1.16 bits per heavy atom. The standard InChI is InChI=1S/C9H16O.C8H14O/c1-3-9(8(2)10)6-4-5-7-9;1-3-8(7(2)9)5-4-6-8/h3-7H2,1-2H3;3-6H2,1-2H3. The first kappa shape index (κ1) is 16.4. The van der Waals surface area contributed by atoms with E-state index < -0.39 is 0 Å². The Hall–Kier alpha value is -0.660. The van der Waals surface area contributed by atoms with Gasteiger partial charge in [0, 0.05) is 10.8 Å². The van der Waals surface area contributed by atoms with Gasteiger partial charge in [0.15, 0.2) is 0 Å². The highest BCUT2D eigenvalue weighted by Crippen LogP contribution is 2.44. The summed E-state index contributed by atoms with van der Waals surface area (Å²) in [5.74, 6) is 0.809. The van der Waals surface area contributed by atoms with E-state index in [9.17, 15) is 9.59 Å². The summed E-state index contributed by atoms with van der Waals surface area (Å²) in [6.07, 6.45) is 10.4. The van der Waals surface area contributed by atoms with Crippen LogP contribution in [-0.4, -0.2) is 11.6 Å². The van der Waals surface area contributed by atoms with Crippen LogP contribution in [0, 0.1) is 10.8 Å². The van der Waals surface area contributed by atoms with Gasteiger partial charge in [-0.15, -0.1) is 0 Å². The molecule has 110 valence electrons. The maximum absolute atomic E-state index is 11.2. The fourth-order valence-corrected chi connectivity index (χ4v) is 3.56. The Bertz CT molecular complexity index is 315. The highest BCUT2D eigenvalue weighted by molar-refractivity contribution is 5.83. The summed E-state index contributed by atoms with van der Waals surface area (Å²) >= 11 is 0. The third-order valence-electron chi connectivity index (χ3n) is 5.72. The molecular weight excluding hydrogens is 236 g/mol. The third-order valence-corrected chi connectivity index (χ3v) is 5.72. The number of ketones is 2. The van der Waals surface area contributed by atoms with Crippen molar-refractivity contribution in [1.29, 1.82) is 0 Å². The predicted molar refractivity (Wildman–Crippen MR) is 79.1 cm³/mol. The van der Waals surface area contributed by atoms with Crippen LogP contribution in [0.4, 0.5) is 0 Å². The molecule has 0 radical (unpaired) electrons. The van der Waals surface area contributed by atoms with Crippen molar-refractivity contribution in [2.75, 3.05) is 0 Å². The van der Waals surface area contributed by atoms with Crippen molar-refractivity contribution in [2.24, 2.45) is 10.8 Å². The van der Waals surface area contributed by atoms with Crippen LogP contribution in [0.5, 0.6) is 0 Å². The molecule has 2 aliphatic rings. The average molecular weight is 266 g/mol. The smallest absolute Gasteiger partial charge is 0.135 e. The molecule has 0 aromatic carbocycles. The molecule has 0 aliphatic heterocycles. The molecule has 0 spiro atoms. The van der Waals surface area contributed by atoms with E-state index in [0.29, 0.717) is 11.6 Å². The number of hydrogen-bond donors (Lipinski definition) is 0. The maximum Gasteiger partial charge on any atom is 0.135 e. The monoisotopic (exact) mass is 266 g/mol. The van der Waals surface area contributed by atoms with E-state index in [1.54, 1.807) is 13.8 Å². The third kappa shape index (κ3) is 3.46. The van der Waals surface area contributed by atoms with Gasteiger partial charge < -0.3 is 0 Å². The molecule has 0 atom stereocenters. The first-order chi connectivity index (χ1) is 8.92. The van der Waals surface area contributed by atoms with Gasteiger partial charge >= 0.3 is 0 Å².